The number of hydrogen-bond acceptors (Lipinski definition) is 3. The predicted octanol–water partition coefficient (Wildman–Crippen LogP) is 1.42. The Bertz CT molecular complexity index is 443. The van der Waals surface area contributed by atoms with Crippen LogP contribution < -0.4 is 4.80 Å². The van der Waals surface area contributed by atoms with Gasteiger partial charge in [0.25, 0.3) is 0 Å². The normalized spacial score (nSPS) is 17.7. The molecule has 6 heteroatoms. The van der Waals surface area contributed by atoms with Gasteiger partial charge < -0.3 is 14.6 Å². The molecule has 5 nitrogen and oxygen atoms in total. The second kappa shape index (κ2) is 4.29. The molecule has 1 saturated heterocycles. The van der Waals surface area contributed by atoms with Gasteiger partial charge in [0.1, 0.15) is 0 Å². The van der Waals surface area contributed by atoms with Crippen LogP contribution in [0.4, 0.5) is 4.79 Å². The largest absolute Gasteiger partial charge is 0.465 e. The Morgan fingerprint density at radius 1 is 1.56 bits per heavy atom. The fraction of sp³-hybridized carbons (Fsp3) is 0.600. The van der Waals surface area contributed by atoms with Gasteiger partial charge in [0.15, 0.2) is 4.80 Å². The highest BCUT2D eigenvalue weighted by molar-refractivity contribution is 7.09. The highest BCUT2D eigenvalue weighted by Gasteiger charge is 2.24. The zero-order valence-corrected chi connectivity index (χ0v) is 9.96. The van der Waals surface area contributed by atoms with Gasteiger partial charge in [-0.15, -0.1) is 11.3 Å². The molecule has 0 aromatic carbocycles. The number of aromatic nitrogens is 1. The number of thiazole rings is 1. The van der Waals surface area contributed by atoms with E-state index in [4.69, 9.17) is 10.5 Å². The Balaban J connectivity index is 2.04. The van der Waals surface area contributed by atoms with E-state index in [1.165, 1.54) is 21.1 Å². The molecule has 0 saturated carbocycles. The zero-order valence-electron chi connectivity index (χ0n) is 9.14. The number of carbonyl (C=O) groups is 1. The van der Waals surface area contributed by atoms with Crippen molar-refractivity contribution in [1.29, 1.82) is 5.41 Å². The van der Waals surface area contributed by atoms with Gasteiger partial charge in [-0.25, -0.2) is 4.79 Å². The van der Waals surface area contributed by atoms with Crippen molar-refractivity contribution in [3.05, 3.63) is 15.9 Å². The van der Waals surface area contributed by atoms with E-state index < -0.39 is 6.09 Å². The maximum Gasteiger partial charge on any atom is 0.407 e. The summed E-state index contributed by atoms with van der Waals surface area (Å²) in [6.45, 7) is 1.21. The summed E-state index contributed by atoms with van der Waals surface area (Å²) in [4.78, 5) is 14.0. The molecule has 1 aromatic rings. The lowest BCUT2D eigenvalue weighted by molar-refractivity contribution is 0.132. The molecule has 0 unspecified atom stereocenters. The summed E-state index contributed by atoms with van der Waals surface area (Å²) < 4.78 is 1.81. The second-order valence-corrected chi connectivity index (χ2v) is 5.16. The third-order valence-corrected chi connectivity index (χ3v) is 4.18. The summed E-state index contributed by atoms with van der Waals surface area (Å²) in [6, 6.07) is 0. The van der Waals surface area contributed by atoms with Gasteiger partial charge in [-0.1, -0.05) is 0 Å². The number of aryl methyl sites for hydroxylation is 1. The van der Waals surface area contributed by atoms with E-state index in [1.807, 2.05) is 17.8 Å². The van der Waals surface area contributed by atoms with Crippen LogP contribution in [0.5, 0.6) is 0 Å². The Kier molecular flexibility index (Phi) is 3.00. The molecule has 0 radical (unpaired) electrons. The molecule has 0 atom stereocenters. The third kappa shape index (κ3) is 2.11. The first-order valence-electron chi connectivity index (χ1n) is 5.26. The van der Waals surface area contributed by atoms with Gasteiger partial charge in [0.05, 0.1) is 0 Å². The van der Waals surface area contributed by atoms with Crippen molar-refractivity contribution in [3.8, 4) is 0 Å². The van der Waals surface area contributed by atoms with Crippen molar-refractivity contribution >= 4 is 17.4 Å². The Hall–Kier alpha value is -1.30. The van der Waals surface area contributed by atoms with Crippen LogP contribution in [-0.2, 0) is 7.05 Å². The maximum absolute atomic E-state index is 10.8. The lowest BCUT2D eigenvalue weighted by Crippen LogP contribution is -2.36. The first-order chi connectivity index (χ1) is 7.58. The molecule has 2 heterocycles. The molecule has 2 rings (SSSR count). The molecular weight excluding hydrogens is 226 g/mol. The van der Waals surface area contributed by atoms with E-state index in [2.05, 4.69) is 0 Å². The van der Waals surface area contributed by atoms with Crippen LogP contribution in [0.1, 0.15) is 23.6 Å². The number of nitrogens with one attached hydrogen (secondary N) is 1. The Labute approximate surface area is 97.5 Å². The van der Waals surface area contributed by atoms with Crippen molar-refractivity contribution in [2.24, 2.45) is 7.05 Å². The molecule has 0 spiro atoms. The van der Waals surface area contributed by atoms with E-state index in [1.54, 1.807) is 0 Å². The molecule has 1 aliphatic heterocycles. The van der Waals surface area contributed by atoms with E-state index in [0.717, 1.165) is 12.8 Å². The number of amides is 1. The number of hydrogen-bond donors (Lipinski definition) is 2. The monoisotopic (exact) mass is 241 g/mol. The molecule has 0 bridgehead atoms. The van der Waals surface area contributed by atoms with Crippen LogP contribution in [0.3, 0.4) is 0 Å². The van der Waals surface area contributed by atoms with Crippen molar-refractivity contribution < 1.29 is 9.90 Å². The quantitative estimate of drug-likeness (QED) is 0.780. The van der Waals surface area contributed by atoms with Crippen molar-refractivity contribution in [3.63, 3.8) is 0 Å². The average molecular weight is 241 g/mol. The number of likely N-dealkylation sites (tertiary alicyclic amines) is 1. The number of carboxylic acid groups (broad SMARTS) is 1. The Morgan fingerprint density at radius 3 is 2.62 bits per heavy atom. The van der Waals surface area contributed by atoms with Crippen LogP contribution in [0, 0.1) is 5.41 Å². The lowest BCUT2D eigenvalue weighted by atomic mass is 9.96. The molecule has 1 aromatic heterocycles. The number of nitrogens with zero attached hydrogens (tertiary/aromatic N) is 2. The van der Waals surface area contributed by atoms with Crippen molar-refractivity contribution in [1.82, 2.24) is 9.47 Å². The van der Waals surface area contributed by atoms with Crippen LogP contribution in [0.2, 0.25) is 0 Å². The molecule has 1 amide bonds. The second-order valence-electron chi connectivity index (χ2n) is 4.09. The average Bonchev–Trinajstić information content (AvgIpc) is 2.59. The SMILES string of the molecule is Cn1cc(C2CCN(C(=O)O)CC2)sc1=N. The minimum absolute atomic E-state index is 0.422. The highest BCUT2D eigenvalue weighted by Crippen LogP contribution is 2.29. The van der Waals surface area contributed by atoms with Gasteiger partial charge in [-0.05, 0) is 18.8 Å². The van der Waals surface area contributed by atoms with E-state index in [9.17, 15) is 4.79 Å². The molecule has 0 aliphatic carbocycles. The van der Waals surface area contributed by atoms with Crippen LogP contribution in [0.25, 0.3) is 0 Å². The number of rotatable bonds is 1. The fourth-order valence-corrected chi connectivity index (χ4v) is 3.04. The van der Waals surface area contributed by atoms with E-state index in [-0.39, 0.29) is 0 Å². The van der Waals surface area contributed by atoms with Gasteiger partial charge in [-0.3, -0.25) is 5.41 Å². The summed E-state index contributed by atoms with van der Waals surface area (Å²) in [7, 11) is 1.87. The highest BCUT2D eigenvalue weighted by atomic mass is 32.1. The number of piperidine rings is 1. The zero-order chi connectivity index (χ0) is 11.7. The third-order valence-electron chi connectivity index (χ3n) is 3.02. The molecule has 16 heavy (non-hydrogen) atoms. The van der Waals surface area contributed by atoms with E-state index >= 15 is 0 Å². The minimum atomic E-state index is -0.823. The predicted molar refractivity (Wildman–Crippen MR) is 60.7 cm³/mol. The summed E-state index contributed by atoms with van der Waals surface area (Å²) in [5, 5.41) is 16.5. The molecule has 1 fully saturated rings. The maximum atomic E-state index is 10.8. The minimum Gasteiger partial charge on any atom is -0.465 e. The Morgan fingerprint density at radius 2 is 2.19 bits per heavy atom. The fourth-order valence-electron chi connectivity index (χ4n) is 2.00. The standard InChI is InChI=1S/C10H15N3O2S/c1-12-6-8(16-9(12)11)7-2-4-13(5-3-7)10(14)15/h6-7,11H,2-5H2,1H3,(H,14,15). The van der Waals surface area contributed by atoms with Crippen molar-refractivity contribution in [2.75, 3.05) is 13.1 Å². The first kappa shape index (κ1) is 11.2. The van der Waals surface area contributed by atoms with Gasteiger partial charge in [0, 0.05) is 31.2 Å². The van der Waals surface area contributed by atoms with Crippen LogP contribution in [0.15, 0.2) is 6.20 Å². The lowest BCUT2D eigenvalue weighted by Gasteiger charge is -2.29. The molecular formula is C10H15N3O2S. The van der Waals surface area contributed by atoms with Gasteiger partial charge in [0.2, 0.25) is 0 Å². The molecule has 88 valence electrons. The van der Waals surface area contributed by atoms with Crippen LogP contribution >= 0.6 is 11.3 Å². The topological polar surface area (TPSA) is 69.3 Å². The summed E-state index contributed by atoms with van der Waals surface area (Å²) >= 11 is 1.49. The van der Waals surface area contributed by atoms with Gasteiger partial charge in [-0.2, -0.15) is 0 Å². The first-order valence-corrected chi connectivity index (χ1v) is 6.08. The molecule has 2 N–H and O–H groups in total. The summed E-state index contributed by atoms with van der Waals surface area (Å²) in [5.74, 6) is 0.422. The summed E-state index contributed by atoms with van der Waals surface area (Å²) in [5.41, 5.74) is 0. The smallest absolute Gasteiger partial charge is 0.407 e. The van der Waals surface area contributed by atoms with Crippen LogP contribution in [-0.4, -0.2) is 33.8 Å². The molecule has 1 aliphatic rings. The van der Waals surface area contributed by atoms with Crippen molar-refractivity contribution in [2.45, 2.75) is 18.8 Å². The van der Waals surface area contributed by atoms with E-state index in [0.29, 0.717) is 23.8 Å². The summed E-state index contributed by atoms with van der Waals surface area (Å²) in [6.07, 6.45) is 2.91. The van der Waals surface area contributed by atoms with Gasteiger partial charge >= 0.3 is 6.09 Å².